The number of carbonyl (C=O) groups is 2. The van der Waals surface area contributed by atoms with Crippen molar-refractivity contribution >= 4 is 40.8 Å². The van der Waals surface area contributed by atoms with Gasteiger partial charge in [-0.3, -0.25) is 9.59 Å². The summed E-state index contributed by atoms with van der Waals surface area (Å²) in [5, 5.41) is 0.936. The molecule has 90 valence electrons. The molecule has 0 atom stereocenters. The molecule has 1 aromatic rings. The van der Waals surface area contributed by atoms with Crippen LogP contribution in [0, 0.1) is 0 Å². The Morgan fingerprint density at radius 2 is 1.71 bits per heavy atom. The molecule has 1 rings (SSSR count). The molecule has 4 heteroatoms. The Kier molecular flexibility index (Phi) is 4.91. The number of hydrogen-bond donors (Lipinski definition) is 0. The predicted molar refractivity (Wildman–Crippen MR) is 70.4 cm³/mol. The van der Waals surface area contributed by atoms with Gasteiger partial charge in [-0.25, -0.2) is 0 Å². The maximum absolute atomic E-state index is 11.6. The molecule has 2 nitrogen and oxygen atoms in total. The fourth-order valence-electron chi connectivity index (χ4n) is 1.39. The molecular formula is C13H12Cl2O2. The van der Waals surface area contributed by atoms with E-state index >= 15 is 0 Å². The highest BCUT2D eigenvalue weighted by atomic mass is 35.5. The number of Topliss-reactive ketones (excluding diaryl/α,β-unsaturated/α-hetero) is 2. The molecule has 0 saturated carbocycles. The van der Waals surface area contributed by atoms with Crippen LogP contribution >= 0.6 is 23.2 Å². The topological polar surface area (TPSA) is 34.1 Å². The lowest BCUT2D eigenvalue weighted by molar-refractivity contribution is -0.120. The zero-order chi connectivity index (χ0) is 13.0. The molecule has 0 spiro atoms. The van der Waals surface area contributed by atoms with Crippen molar-refractivity contribution < 1.29 is 9.59 Å². The lowest BCUT2D eigenvalue weighted by Crippen LogP contribution is -2.08. The van der Waals surface area contributed by atoms with Crippen LogP contribution < -0.4 is 0 Å². The summed E-state index contributed by atoms with van der Waals surface area (Å²) in [5.74, 6) is -0.443. The third-order valence-corrected chi connectivity index (χ3v) is 2.63. The summed E-state index contributed by atoms with van der Waals surface area (Å²) < 4.78 is 0. The van der Waals surface area contributed by atoms with Gasteiger partial charge < -0.3 is 0 Å². The lowest BCUT2D eigenvalue weighted by atomic mass is 10.0. The lowest BCUT2D eigenvalue weighted by Gasteiger charge is -2.02. The summed E-state index contributed by atoms with van der Waals surface area (Å²) >= 11 is 11.7. The Labute approximate surface area is 110 Å². The largest absolute Gasteiger partial charge is 0.294 e. The first-order chi connectivity index (χ1) is 7.93. The number of ketones is 2. The van der Waals surface area contributed by atoms with Crippen LogP contribution in [0.1, 0.15) is 25.8 Å². The number of rotatable bonds is 4. The summed E-state index contributed by atoms with van der Waals surface area (Å²) in [6.07, 6.45) is 1.81. The van der Waals surface area contributed by atoms with E-state index in [1.807, 2.05) is 0 Å². The molecule has 0 amide bonds. The first kappa shape index (κ1) is 13.9. The fraction of sp³-hybridized carbons (Fsp3) is 0.231. The minimum absolute atomic E-state index is 0.172. The normalized spacial score (nSPS) is 11.4. The first-order valence-electron chi connectivity index (χ1n) is 5.16. The summed E-state index contributed by atoms with van der Waals surface area (Å²) in [4.78, 5) is 22.9. The predicted octanol–water partition coefficient (Wildman–Crippen LogP) is 3.94. The Balaban J connectivity index is 3.21. The molecule has 0 unspecified atom stereocenters. The summed E-state index contributed by atoms with van der Waals surface area (Å²) in [6, 6.07) is 4.90. The average Bonchev–Trinajstić information content (AvgIpc) is 2.23. The van der Waals surface area contributed by atoms with Crippen LogP contribution in [0.15, 0.2) is 23.8 Å². The second kappa shape index (κ2) is 5.99. The van der Waals surface area contributed by atoms with Crippen molar-refractivity contribution in [2.45, 2.75) is 20.3 Å². The summed E-state index contributed by atoms with van der Waals surface area (Å²) in [6.45, 7) is 3.08. The molecule has 0 aliphatic carbocycles. The van der Waals surface area contributed by atoms with Crippen LogP contribution in [-0.4, -0.2) is 11.6 Å². The second-order valence-corrected chi connectivity index (χ2v) is 4.47. The molecule has 0 saturated heterocycles. The van der Waals surface area contributed by atoms with Gasteiger partial charge in [0.1, 0.15) is 0 Å². The van der Waals surface area contributed by atoms with Gasteiger partial charge in [-0.2, -0.15) is 0 Å². The van der Waals surface area contributed by atoms with Gasteiger partial charge in [-0.05, 0) is 36.8 Å². The molecule has 0 radical (unpaired) electrons. The minimum atomic E-state index is -0.257. The van der Waals surface area contributed by atoms with E-state index in [0.717, 1.165) is 0 Å². The van der Waals surface area contributed by atoms with E-state index in [9.17, 15) is 9.59 Å². The van der Waals surface area contributed by atoms with E-state index < -0.39 is 0 Å². The molecule has 0 aliphatic heterocycles. The van der Waals surface area contributed by atoms with Gasteiger partial charge in [0, 0.05) is 16.5 Å². The van der Waals surface area contributed by atoms with E-state index in [1.165, 1.54) is 13.0 Å². The number of carbonyl (C=O) groups excluding carboxylic acids is 2. The number of benzene rings is 1. The Bertz CT molecular complexity index is 470. The fourth-order valence-corrected chi connectivity index (χ4v) is 1.94. The highest BCUT2D eigenvalue weighted by Gasteiger charge is 2.12. The minimum Gasteiger partial charge on any atom is -0.294 e. The van der Waals surface area contributed by atoms with Crippen molar-refractivity contribution in [3.8, 4) is 0 Å². The maximum atomic E-state index is 11.6. The van der Waals surface area contributed by atoms with Crippen LogP contribution in [0.25, 0.3) is 6.08 Å². The maximum Gasteiger partial charge on any atom is 0.166 e. The van der Waals surface area contributed by atoms with Gasteiger partial charge in [0.2, 0.25) is 0 Å². The van der Waals surface area contributed by atoms with Crippen molar-refractivity contribution in [2.24, 2.45) is 0 Å². The van der Waals surface area contributed by atoms with Gasteiger partial charge in [0.25, 0.3) is 0 Å². The van der Waals surface area contributed by atoms with E-state index in [-0.39, 0.29) is 17.1 Å². The van der Waals surface area contributed by atoms with E-state index in [2.05, 4.69) is 0 Å². The van der Waals surface area contributed by atoms with E-state index in [0.29, 0.717) is 22.0 Å². The smallest absolute Gasteiger partial charge is 0.166 e. The third-order valence-electron chi connectivity index (χ3n) is 2.20. The SMILES string of the molecule is CCC(=O)/C(=C\c1cc(Cl)cc(Cl)c1)C(C)=O. The van der Waals surface area contributed by atoms with Crippen LogP contribution in [0.4, 0.5) is 0 Å². The zero-order valence-corrected chi connectivity index (χ0v) is 11.1. The molecule has 1 aromatic carbocycles. The molecule has 0 bridgehead atoms. The van der Waals surface area contributed by atoms with E-state index in [4.69, 9.17) is 23.2 Å². The van der Waals surface area contributed by atoms with Crippen LogP contribution in [0.3, 0.4) is 0 Å². The zero-order valence-electron chi connectivity index (χ0n) is 9.59. The number of hydrogen-bond acceptors (Lipinski definition) is 2. The van der Waals surface area contributed by atoms with Crippen molar-refractivity contribution in [1.29, 1.82) is 0 Å². The molecule has 0 heterocycles. The second-order valence-electron chi connectivity index (χ2n) is 3.59. The molecule has 0 aromatic heterocycles. The third kappa shape index (κ3) is 3.99. The van der Waals surface area contributed by atoms with E-state index in [1.54, 1.807) is 25.1 Å². The van der Waals surface area contributed by atoms with Crippen molar-refractivity contribution in [3.63, 3.8) is 0 Å². The average molecular weight is 271 g/mol. The Morgan fingerprint density at radius 1 is 1.18 bits per heavy atom. The molecule has 0 N–H and O–H groups in total. The first-order valence-corrected chi connectivity index (χ1v) is 5.91. The highest BCUT2D eigenvalue weighted by molar-refractivity contribution is 6.35. The Morgan fingerprint density at radius 3 is 2.12 bits per heavy atom. The van der Waals surface area contributed by atoms with Gasteiger partial charge in [-0.15, -0.1) is 0 Å². The summed E-state index contributed by atoms with van der Waals surface area (Å²) in [5.41, 5.74) is 0.820. The van der Waals surface area contributed by atoms with Crippen molar-refractivity contribution in [3.05, 3.63) is 39.4 Å². The van der Waals surface area contributed by atoms with Crippen molar-refractivity contribution in [2.75, 3.05) is 0 Å². The van der Waals surface area contributed by atoms with Crippen LogP contribution in [0.2, 0.25) is 10.0 Å². The molecule has 0 aliphatic rings. The molecule has 0 fully saturated rings. The summed E-state index contributed by atoms with van der Waals surface area (Å²) in [7, 11) is 0. The van der Waals surface area contributed by atoms with Gasteiger partial charge in [0.05, 0.1) is 5.57 Å². The number of allylic oxidation sites excluding steroid dienone is 1. The quantitative estimate of drug-likeness (QED) is 0.472. The standard InChI is InChI=1S/C13H12Cl2O2/c1-3-13(17)12(8(2)16)6-9-4-10(14)7-11(15)5-9/h4-7H,3H2,1-2H3/b12-6-. The molecule has 17 heavy (non-hydrogen) atoms. The number of halogens is 2. The van der Waals surface area contributed by atoms with Gasteiger partial charge in [0.15, 0.2) is 11.6 Å². The van der Waals surface area contributed by atoms with Gasteiger partial charge in [-0.1, -0.05) is 30.1 Å². The van der Waals surface area contributed by atoms with Gasteiger partial charge >= 0.3 is 0 Å². The van der Waals surface area contributed by atoms with Crippen LogP contribution in [-0.2, 0) is 9.59 Å². The highest BCUT2D eigenvalue weighted by Crippen LogP contribution is 2.21. The monoisotopic (exact) mass is 270 g/mol. The van der Waals surface area contributed by atoms with Crippen LogP contribution in [0.5, 0.6) is 0 Å². The Hall–Kier alpha value is -1.12. The molecular weight excluding hydrogens is 259 g/mol. The van der Waals surface area contributed by atoms with Crippen molar-refractivity contribution in [1.82, 2.24) is 0 Å².